The van der Waals surface area contributed by atoms with Crippen molar-refractivity contribution in [3.05, 3.63) is 0 Å². The third-order valence-electron chi connectivity index (χ3n) is 3.02. The second-order valence-corrected chi connectivity index (χ2v) is 7.64. The van der Waals surface area contributed by atoms with E-state index in [0.29, 0.717) is 17.3 Å². The summed E-state index contributed by atoms with van der Waals surface area (Å²) in [6.07, 6.45) is 3.05. The van der Waals surface area contributed by atoms with Crippen LogP contribution in [0, 0.1) is 5.92 Å². The van der Waals surface area contributed by atoms with Crippen molar-refractivity contribution in [2.45, 2.75) is 31.1 Å². The monoisotopic (exact) mass is 289 g/mol. The molecule has 0 atom stereocenters. The highest BCUT2D eigenvalue weighted by atomic mass is 32.2. The minimum absolute atomic E-state index is 0.125. The predicted molar refractivity (Wildman–Crippen MR) is 74.9 cm³/mol. The van der Waals surface area contributed by atoms with Gasteiger partial charge in [0.2, 0.25) is 0 Å². The molecule has 0 saturated heterocycles. The smallest absolute Gasteiger partial charge is 0.185 e. The molecule has 1 aromatic rings. The Kier molecular flexibility index (Phi) is 3.82. The molecule has 0 aromatic carbocycles. The van der Waals surface area contributed by atoms with Gasteiger partial charge in [0.1, 0.15) is 9.90 Å². The van der Waals surface area contributed by atoms with Gasteiger partial charge in [-0.25, -0.2) is 8.42 Å². The van der Waals surface area contributed by atoms with E-state index in [4.69, 9.17) is 5.73 Å². The van der Waals surface area contributed by atoms with Crippen molar-refractivity contribution in [2.75, 3.05) is 30.0 Å². The first-order chi connectivity index (χ1) is 8.45. The third-order valence-corrected chi connectivity index (χ3v) is 6.09. The lowest BCUT2D eigenvalue weighted by Crippen LogP contribution is -2.21. The number of nitrogens with zero attached hydrogens (tertiary/aromatic N) is 2. The molecule has 1 aliphatic carbocycles. The molecule has 1 aromatic heterocycles. The number of hydrogen-bond donors (Lipinski definition) is 1. The van der Waals surface area contributed by atoms with Crippen molar-refractivity contribution in [3.63, 3.8) is 0 Å². The lowest BCUT2D eigenvalue weighted by molar-refractivity contribution is 0.595. The molecule has 2 N–H and O–H groups in total. The molecule has 0 radical (unpaired) electrons. The van der Waals surface area contributed by atoms with E-state index in [0.717, 1.165) is 6.54 Å². The Bertz CT molecular complexity index is 520. The number of anilines is 2. The summed E-state index contributed by atoms with van der Waals surface area (Å²) in [6, 6.07) is 0. The van der Waals surface area contributed by atoms with Crippen LogP contribution in [-0.4, -0.2) is 32.1 Å². The zero-order valence-electron chi connectivity index (χ0n) is 10.7. The average Bonchev–Trinajstić information content (AvgIpc) is 2.98. The zero-order valence-corrected chi connectivity index (χ0v) is 12.4. The molecule has 0 aliphatic heterocycles. The lowest BCUT2D eigenvalue weighted by atomic mass is 10.4. The zero-order chi connectivity index (χ0) is 13.3. The number of aromatic nitrogens is 1. The Hall–Kier alpha value is -0.820. The summed E-state index contributed by atoms with van der Waals surface area (Å²) in [5.74, 6) is 0.964. The van der Waals surface area contributed by atoms with Crippen molar-refractivity contribution in [3.8, 4) is 0 Å². The van der Waals surface area contributed by atoms with E-state index in [1.807, 2.05) is 18.9 Å². The van der Waals surface area contributed by atoms with Gasteiger partial charge in [-0.05, 0) is 36.7 Å². The number of nitrogen functional groups attached to an aromatic ring is 1. The van der Waals surface area contributed by atoms with E-state index < -0.39 is 9.84 Å². The maximum absolute atomic E-state index is 12.2. The van der Waals surface area contributed by atoms with Crippen molar-refractivity contribution in [1.29, 1.82) is 0 Å². The van der Waals surface area contributed by atoms with E-state index in [9.17, 15) is 8.42 Å². The highest BCUT2D eigenvalue weighted by molar-refractivity contribution is 7.91. The largest absolute Gasteiger partial charge is 0.382 e. The molecule has 1 saturated carbocycles. The number of nitrogens with two attached hydrogens (primary N) is 1. The van der Waals surface area contributed by atoms with E-state index in [-0.39, 0.29) is 16.5 Å². The van der Waals surface area contributed by atoms with Gasteiger partial charge < -0.3 is 10.6 Å². The maximum atomic E-state index is 12.2. The van der Waals surface area contributed by atoms with Crippen LogP contribution in [0.5, 0.6) is 0 Å². The highest BCUT2D eigenvalue weighted by Gasteiger charge is 2.29. The van der Waals surface area contributed by atoms with Crippen molar-refractivity contribution >= 4 is 32.2 Å². The molecular formula is C11H19N3O2S2. The SMILES string of the molecule is CCCS(=O)(=O)c1c(N)nsc1N(C)CC1CC1. The number of sulfone groups is 1. The van der Waals surface area contributed by atoms with E-state index in [2.05, 4.69) is 4.37 Å². The summed E-state index contributed by atoms with van der Waals surface area (Å²) in [4.78, 5) is 2.21. The Morgan fingerprint density at radius 3 is 2.72 bits per heavy atom. The Balaban J connectivity index is 2.31. The summed E-state index contributed by atoms with van der Waals surface area (Å²) >= 11 is 1.18. The third kappa shape index (κ3) is 2.77. The molecule has 5 nitrogen and oxygen atoms in total. The summed E-state index contributed by atoms with van der Waals surface area (Å²) in [6.45, 7) is 2.73. The van der Waals surface area contributed by atoms with E-state index in [1.165, 1.54) is 24.4 Å². The summed E-state index contributed by atoms with van der Waals surface area (Å²) < 4.78 is 28.4. The van der Waals surface area contributed by atoms with Gasteiger partial charge >= 0.3 is 0 Å². The number of hydrogen-bond acceptors (Lipinski definition) is 6. The summed E-state index contributed by atoms with van der Waals surface area (Å²) in [5.41, 5.74) is 5.74. The van der Waals surface area contributed by atoms with Crippen LogP contribution in [0.2, 0.25) is 0 Å². The lowest BCUT2D eigenvalue weighted by Gasteiger charge is -2.18. The summed E-state index contributed by atoms with van der Waals surface area (Å²) in [5, 5.41) is 0.688. The molecule has 7 heteroatoms. The maximum Gasteiger partial charge on any atom is 0.185 e. The van der Waals surface area contributed by atoms with Crippen LogP contribution in [0.3, 0.4) is 0 Å². The standard InChI is InChI=1S/C11H19N3O2S2/c1-3-6-18(15,16)9-10(12)13-17-11(9)14(2)7-8-4-5-8/h8H,3-7H2,1-2H3,(H2,12,13). The average molecular weight is 289 g/mol. The first kappa shape index (κ1) is 13.6. The molecule has 1 fully saturated rings. The van der Waals surface area contributed by atoms with Crippen LogP contribution in [-0.2, 0) is 9.84 Å². The van der Waals surface area contributed by atoms with Gasteiger partial charge in [0.15, 0.2) is 15.7 Å². The van der Waals surface area contributed by atoms with Crippen molar-refractivity contribution in [1.82, 2.24) is 4.37 Å². The van der Waals surface area contributed by atoms with Crippen LogP contribution >= 0.6 is 11.5 Å². The van der Waals surface area contributed by atoms with Crippen LogP contribution < -0.4 is 10.6 Å². The van der Waals surface area contributed by atoms with Gasteiger partial charge in [0.05, 0.1) is 5.75 Å². The van der Waals surface area contributed by atoms with E-state index >= 15 is 0 Å². The van der Waals surface area contributed by atoms with Gasteiger partial charge in [-0.2, -0.15) is 4.37 Å². The normalized spacial score (nSPS) is 15.9. The Morgan fingerprint density at radius 2 is 2.17 bits per heavy atom. The second-order valence-electron chi connectivity index (χ2n) is 4.84. The molecule has 0 unspecified atom stereocenters. The molecule has 0 amide bonds. The fraction of sp³-hybridized carbons (Fsp3) is 0.727. The Labute approximate surface area is 112 Å². The first-order valence-electron chi connectivity index (χ1n) is 6.14. The molecule has 0 bridgehead atoms. The fourth-order valence-corrected chi connectivity index (χ4v) is 4.72. The van der Waals surface area contributed by atoms with Crippen molar-refractivity contribution in [2.24, 2.45) is 5.92 Å². The van der Waals surface area contributed by atoms with Crippen molar-refractivity contribution < 1.29 is 8.42 Å². The number of rotatable bonds is 6. The summed E-state index contributed by atoms with van der Waals surface area (Å²) in [7, 11) is -1.39. The quantitative estimate of drug-likeness (QED) is 0.863. The molecule has 1 heterocycles. The van der Waals surface area contributed by atoms with Gasteiger partial charge in [-0.15, -0.1) is 0 Å². The van der Waals surface area contributed by atoms with E-state index in [1.54, 1.807) is 0 Å². The van der Waals surface area contributed by atoms with Gasteiger partial charge in [-0.3, -0.25) is 0 Å². The van der Waals surface area contributed by atoms with Crippen LogP contribution in [0.15, 0.2) is 4.90 Å². The molecule has 0 spiro atoms. The Morgan fingerprint density at radius 1 is 1.50 bits per heavy atom. The second kappa shape index (κ2) is 5.05. The van der Waals surface area contributed by atoms with Gasteiger partial charge in [0.25, 0.3) is 0 Å². The molecule has 102 valence electrons. The molecule has 18 heavy (non-hydrogen) atoms. The minimum Gasteiger partial charge on any atom is -0.382 e. The first-order valence-corrected chi connectivity index (χ1v) is 8.57. The minimum atomic E-state index is -3.31. The van der Waals surface area contributed by atoms with Crippen LogP contribution in [0.25, 0.3) is 0 Å². The van der Waals surface area contributed by atoms with Gasteiger partial charge in [0, 0.05) is 13.6 Å². The highest BCUT2D eigenvalue weighted by Crippen LogP contribution is 2.37. The topological polar surface area (TPSA) is 76.3 Å². The van der Waals surface area contributed by atoms with Crippen LogP contribution in [0.4, 0.5) is 10.8 Å². The molecular weight excluding hydrogens is 270 g/mol. The predicted octanol–water partition coefficient (Wildman–Crippen LogP) is 1.76. The fourth-order valence-electron chi connectivity index (χ4n) is 1.96. The molecule has 1 aliphatic rings. The van der Waals surface area contributed by atoms with Gasteiger partial charge in [-0.1, -0.05) is 6.92 Å². The van der Waals surface area contributed by atoms with Crippen LogP contribution in [0.1, 0.15) is 26.2 Å². The molecule has 2 rings (SSSR count).